The average molecular weight is 140 g/mol. The van der Waals surface area contributed by atoms with Crippen LogP contribution in [0.5, 0.6) is 0 Å². The molecule has 0 aromatic carbocycles. The summed E-state index contributed by atoms with van der Waals surface area (Å²) in [5.41, 5.74) is 6.44. The Hall–Kier alpha value is -1.12. The van der Waals surface area contributed by atoms with Gasteiger partial charge in [0.2, 0.25) is 5.95 Å². The Bertz CT molecular complexity index is 215. The molecule has 0 aliphatic rings. The highest BCUT2D eigenvalue weighted by Gasteiger charge is 2.02. The number of hydrogen-bond donors (Lipinski definition) is 1. The number of anilines is 1. The number of pyridine rings is 1. The van der Waals surface area contributed by atoms with Crippen molar-refractivity contribution >= 4 is 5.69 Å². The van der Waals surface area contributed by atoms with E-state index in [1.807, 2.05) is 6.92 Å². The Morgan fingerprint density at radius 1 is 1.70 bits per heavy atom. The SMILES string of the molecule is CCc1c(N)ccnc1F. The van der Waals surface area contributed by atoms with Crippen molar-refractivity contribution in [2.24, 2.45) is 0 Å². The van der Waals surface area contributed by atoms with Crippen LogP contribution in [0.1, 0.15) is 12.5 Å². The van der Waals surface area contributed by atoms with Crippen LogP contribution in [-0.4, -0.2) is 4.98 Å². The minimum absolute atomic E-state index is 0.456. The number of aromatic nitrogens is 1. The Balaban J connectivity index is 3.17. The predicted molar refractivity (Wildman–Crippen MR) is 38.0 cm³/mol. The molecule has 0 atom stereocenters. The summed E-state index contributed by atoms with van der Waals surface area (Å²) in [7, 11) is 0. The van der Waals surface area contributed by atoms with Gasteiger partial charge in [-0.1, -0.05) is 6.92 Å². The van der Waals surface area contributed by atoms with Crippen molar-refractivity contribution in [2.45, 2.75) is 13.3 Å². The molecule has 0 radical (unpaired) electrons. The van der Waals surface area contributed by atoms with E-state index >= 15 is 0 Å². The first-order chi connectivity index (χ1) is 4.75. The van der Waals surface area contributed by atoms with Gasteiger partial charge in [-0.2, -0.15) is 4.39 Å². The second-order valence-electron chi connectivity index (χ2n) is 2.02. The van der Waals surface area contributed by atoms with Crippen molar-refractivity contribution in [1.82, 2.24) is 4.98 Å². The van der Waals surface area contributed by atoms with Crippen LogP contribution in [0, 0.1) is 5.95 Å². The molecule has 0 unspecified atom stereocenters. The van der Waals surface area contributed by atoms with Crippen molar-refractivity contribution in [3.8, 4) is 0 Å². The number of halogens is 1. The maximum Gasteiger partial charge on any atom is 0.218 e. The third kappa shape index (κ3) is 1.07. The van der Waals surface area contributed by atoms with Crippen LogP contribution in [0.4, 0.5) is 10.1 Å². The standard InChI is InChI=1S/C7H9FN2/c1-2-5-6(9)3-4-10-7(5)8/h3-4H,2H2,1H3,(H2,9,10). The first-order valence-corrected chi connectivity index (χ1v) is 3.14. The molecule has 0 saturated carbocycles. The lowest BCUT2D eigenvalue weighted by molar-refractivity contribution is 0.570. The van der Waals surface area contributed by atoms with E-state index < -0.39 is 5.95 Å². The third-order valence-electron chi connectivity index (χ3n) is 1.39. The fraction of sp³-hybridized carbons (Fsp3) is 0.286. The van der Waals surface area contributed by atoms with Crippen LogP contribution in [-0.2, 0) is 6.42 Å². The van der Waals surface area contributed by atoms with Gasteiger partial charge in [0, 0.05) is 17.4 Å². The minimum atomic E-state index is -0.456. The summed E-state index contributed by atoms with van der Waals surface area (Å²) in [6.45, 7) is 1.84. The lowest BCUT2D eigenvalue weighted by Gasteiger charge is -2.00. The number of nitrogen functional groups attached to an aromatic ring is 1. The van der Waals surface area contributed by atoms with Gasteiger partial charge in [0.1, 0.15) is 0 Å². The molecule has 0 saturated heterocycles. The van der Waals surface area contributed by atoms with E-state index in [1.165, 1.54) is 6.20 Å². The molecule has 0 aliphatic heterocycles. The summed E-state index contributed by atoms with van der Waals surface area (Å²) in [6.07, 6.45) is 1.95. The smallest absolute Gasteiger partial charge is 0.218 e. The highest BCUT2D eigenvalue weighted by atomic mass is 19.1. The first-order valence-electron chi connectivity index (χ1n) is 3.14. The lowest BCUT2D eigenvalue weighted by Crippen LogP contribution is -1.98. The molecular weight excluding hydrogens is 131 g/mol. The van der Waals surface area contributed by atoms with Crippen molar-refractivity contribution in [2.75, 3.05) is 5.73 Å². The van der Waals surface area contributed by atoms with E-state index in [-0.39, 0.29) is 0 Å². The van der Waals surface area contributed by atoms with Crippen LogP contribution in [0.15, 0.2) is 12.3 Å². The van der Waals surface area contributed by atoms with Gasteiger partial charge in [0.05, 0.1) is 0 Å². The topological polar surface area (TPSA) is 38.9 Å². The molecule has 0 spiro atoms. The van der Waals surface area contributed by atoms with Gasteiger partial charge in [0.15, 0.2) is 0 Å². The van der Waals surface area contributed by atoms with Gasteiger partial charge in [-0.25, -0.2) is 4.98 Å². The molecule has 1 heterocycles. The molecular formula is C7H9FN2. The van der Waals surface area contributed by atoms with Crippen molar-refractivity contribution in [3.63, 3.8) is 0 Å². The molecule has 0 fully saturated rings. The van der Waals surface area contributed by atoms with E-state index in [4.69, 9.17) is 5.73 Å². The van der Waals surface area contributed by atoms with Crippen LogP contribution in [0.2, 0.25) is 0 Å². The van der Waals surface area contributed by atoms with Crippen LogP contribution in [0.25, 0.3) is 0 Å². The summed E-state index contributed by atoms with van der Waals surface area (Å²) in [6, 6.07) is 1.60. The second kappa shape index (κ2) is 2.64. The number of hydrogen-bond acceptors (Lipinski definition) is 2. The third-order valence-corrected chi connectivity index (χ3v) is 1.39. The average Bonchev–Trinajstić information content (AvgIpc) is 1.88. The quantitative estimate of drug-likeness (QED) is 0.598. The summed E-state index contributed by atoms with van der Waals surface area (Å²) in [5, 5.41) is 0. The van der Waals surface area contributed by atoms with Gasteiger partial charge < -0.3 is 5.73 Å². The second-order valence-corrected chi connectivity index (χ2v) is 2.02. The van der Waals surface area contributed by atoms with Gasteiger partial charge in [-0.3, -0.25) is 0 Å². The molecule has 1 aromatic rings. The van der Waals surface area contributed by atoms with Gasteiger partial charge in [-0.05, 0) is 12.5 Å². The summed E-state index contributed by atoms with van der Waals surface area (Å²) < 4.78 is 12.7. The molecule has 10 heavy (non-hydrogen) atoms. The molecule has 0 amide bonds. The lowest BCUT2D eigenvalue weighted by atomic mass is 10.2. The Kier molecular flexibility index (Phi) is 1.85. The van der Waals surface area contributed by atoms with Crippen molar-refractivity contribution in [1.29, 1.82) is 0 Å². The molecule has 0 aliphatic carbocycles. The molecule has 0 bridgehead atoms. The molecule has 2 N–H and O–H groups in total. The summed E-state index contributed by atoms with van der Waals surface area (Å²) >= 11 is 0. The molecule has 3 heteroatoms. The van der Waals surface area contributed by atoms with Crippen LogP contribution >= 0.6 is 0 Å². The monoisotopic (exact) mass is 140 g/mol. The Morgan fingerprint density at radius 3 is 2.80 bits per heavy atom. The van der Waals surface area contributed by atoms with E-state index in [0.717, 1.165) is 0 Å². The Labute approximate surface area is 58.9 Å². The van der Waals surface area contributed by atoms with Gasteiger partial charge in [0.25, 0.3) is 0 Å². The van der Waals surface area contributed by atoms with Crippen LogP contribution < -0.4 is 5.73 Å². The van der Waals surface area contributed by atoms with Crippen molar-refractivity contribution in [3.05, 3.63) is 23.8 Å². The highest BCUT2D eigenvalue weighted by Crippen LogP contribution is 2.12. The van der Waals surface area contributed by atoms with Crippen molar-refractivity contribution < 1.29 is 4.39 Å². The van der Waals surface area contributed by atoms with Crippen LogP contribution in [0.3, 0.4) is 0 Å². The maximum atomic E-state index is 12.7. The maximum absolute atomic E-state index is 12.7. The van der Waals surface area contributed by atoms with E-state index in [2.05, 4.69) is 4.98 Å². The molecule has 54 valence electrons. The van der Waals surface area contributed by atoms with E-state index in [1.54, 1.807) is 6.07 Å². The van der Waals surface area contributed by atoms with Gasteiger partial charge >= 0.3 is 0 Å². The Morgan fingerprint density at radius 2 is 2.40 bits per heavy atom. The normalized spacial score (nSPS) is 9.80. The summed E-state index contributed by atoms with van der Waals surface area (Å²) in [5.74, 6) is -0.456. The zero-order valence-corrected chi connectivity index (χ0v) is 5.76. The zero-order chi connectivity index (χ0) is 7.56. The molecule has 1 rings (SSSR count). The van der Waals surface area contributed by atoms with E-state index in [9.17, 15) is 4.39 Å². The number of nitrogens with zero attached hydrogens (tertiary/aromatic N) is 1. The van der Waals surface area contributed by atoms with E-state index in [0.29, 0.717) is 17.7 Å². The highest BCUT2D eigenvalue weighted by molar-refractivity contribution is 5.44. The predicted octanol–water partition coefficient (Wildman–Crippen LogP) is 1.37. The fourth-order valence-electron chi connectivity index (χ4n) is 0.831. The van der Waals surface area contributed by atoms with Gasteiger partial charge in [-0.15, -0.1) is 0 Å². The summed E-state index contributed by atoms with van der Waals surface area (Å²) in [4.78, 5) is 3.46. The fourth-order valence-corrected chi connectivity index (χ4v) is 0.831. The zero-order valence-electron chi connectivity index (χ0n) is 5.76. The first kappa shape index (κ1) is 6.99. The number of rotatable bonds is 1. The molecule has 1 aromatic heterocycles. The largest absolute Gasteiger partial charge is 0.398 e. The minimum Gasteiger partial charge on any atom is -0.398 e. The number of nitrogens with two attached hydrogens (primary N) is 1. The molecule has 2 nitrogen and oxygen atoms in total.